The van der Waals surface area contributed by atoms with Gasteiger partial charge in [0.2, 0.25) is 5.91 Å². The lowest BCUT2D eigenvalue weighted by molar-refractivity contribution is -0.135. The fourth-order valence-corrected chi connectivity index (χ4v) is 5.72. The SMILES string of the molecule is CC(=O)N1CC2(C1)[C@@H](COCc1ccccn1)CCS2(=O)=O. The molecule has 2 fully saturated rings. The third-order valence-electron chi connectivity index (χ3n) is 4.76. The number of sulfone groups is 1. The molecule has 0 N–H and O–H groups in total. The largest absolute Gasteiger partial charge is 0.375 e. The Bertz CT molecular complexity index is 653. The van der Waals surface area contributed by atoms with Crippen LogP contribution in [0.5, 0.6) is 0 Å². The quantitative estimate of drug-likeness (QED) is 0.812. The van der Waals surface area contributed by atoms with Gasteiger partial charge in [-0.3, -0.25) is 9.78 Å². The number of carbonyl (C=O) groups excluding carboxylic acids is 1. The summed E-state index contributed by atoms with van der Waals surface area (Å²) in [5, 5.41) is 0. The average molecular weight is 324 g/mol. The molecule has 1 aromatic rings. The molecule has 6 nitrogen and oxygen atoms in total. The predicted octanol–water partition coefficient (Wildman–Crippen LogP) is 0.634. The molecule has 7 heteroatoms. The lowest BCUT2D eigenvalue weighted by atomic mass is 9.83. The molecular formula is C15H20N2O4S. The number of carbonyl (C=O) groups is 1. The predicted molar refractivity (Wildman–Crippen MR) is 80.8 cm³/mol. The van der Waals surface area contributed by atoms with Gasteiger partial charge < -0.3 is 9.64 Å². The van der Waals surface area contributed by atoms with Crippen LogP contribution >= 0.6 is 0 Å². The summed E-state index contributed by atoms with van der Waals surface area (Å²) < 4.78 is 29.6. The molecule has 3 heterocycles. The van der Waals surface area contributed by atoms with E-state index in [1.807, 2.05) is 18.2 Å². The molecule has 0 unspecified atom stereocenters. The summed E-state index contributed by atoms with van der Waals surface area (Å²) in [6.07, 6.45) is 2.31. The van der Waals surface area contributed by atoms with E-state index in [1.165, 1.54) is 6.92 Å². The molecule has 2 aliphatic heterocycles. The molecule has 1 amide bonds. The second kappa shape index (κ2) is 5.62. The van der Waals surface area contributed by atoms with Crippen molar-refractivity contribution in [3.63, 3.8) is 0 Å². The second-order valence-corrected chi connectivity index (χ2v) is 8.53. The smallest absolute Gasteiger partial charge is 0.219 e. The van der Waals surface area contributed by atoms with Crippen molar-refractivity contribution in [3.05, 3.63) is 30.1 Å². The van der Waals surface area contributed by atoms with Crippen molar-refractivity contribution in [1.82, 2.24) is 9.88 Å². The molecule has 2 aliphatic rings. The summed E-state index contributed by atoms with van der Waals surface area (Å²) in [6.45, 7) is 2.86. The van der Waals surface area contributed by atoms with Crippen LogP contribution in [0.15, 0.2) is 24.4 Å². The molecule has 22 heavy (non-hydrogen) atoms. The number of rotatable bonds is 4. The number of likely N-dealkylation sites (tertiary alicyclic amines) is 1. The number of hydrogen-bond acceptors (Lipinski definition) is 5. The van der Waals surface area contributed by atoms with Gasteiger partial charge in [0.25, 0.3) is 0 Å². The first kappa shape index (κ1) is 15.4. The molecule has 0 aromatic carbocycles. The third-order valence-corrected chi connectivity index (χ3v) is 7.36. The van der Waals surface area contributed by atoms with Crippen LogP contribution in [0.1, 0.15) is 19.0 Å². The van der Waals surface area contributed by atoms with Crippen molar-refractivity contribution in [2.24, 2.45) is 5.92 Å². The summed E-state index contributed by atoms with van der Waals surface area (Å²) in [5.74, 6) is 0.0776. The molecular weight excluding hydrogens is 304 g/mol. The maximum absolute atomic E-state index is 12.4. The first-order chi connectivity index (χ1) is 10.4. The van der Waals surface area contributed by atoms with Crippen LogP contribution in [0.2, 0.25) is 0 Å². The van der Waals surface area contributed by atoms with Gasteiger partial charge in [0.15, 0.2) is 9.84 Å². The molecule has 1 atom stereocenters. The lowest BCUT2D eigenvalue weighted by Crippen LogP contribution is -2.68. The minimum Gasteiger partial charge on any atom is -0.375 e. The van der Waals surface area contributed by atoms with E-state index in [-0.39, 0.29) is 17.6 Å². The number of amides is 1. The van der Waals surface area contributed by atoms with Crippen LogP contribution in [0.4, 0.5) is 0 Å². The van der Waals surface area contributed by atoms with Gasteiger partial charge in [-0.15, -0.1) is 0 Å². The Balaban J connectivity index is 1.62. The summed E-state index contributed by atoms with van der Waals surface area (Å²) in [4.78, 5) is 17.1. The van der Waals surface area contributed by atoms with Crippen LogP contribution in [-0.4, -0.2) is 54.4 Å². The van der Waals surface area contributed by atoms with E-state index in [2.05, 4.69) is 4.98 Å². The van der Waals surface area contributed by atoms with Crippen molar-refractivity contribution in [2.75, 3.05) is 25.4 Å². The second-order valence-electron chi connectivity index (χ2n) is 6.08. The summed E-state index contributed by atoms with van der Waals surface area (Å²) in [7, 11) is -3.15. The van der Waals surface area contributed by atoms with E-state index >= 15 is 0 Å². The average Bonchev–Trinajstić information content (AvgIpc) is 2.69. The zero-order valence-electron chi connectivity index (χ0n) is 12.6. The Morgan fingerprint density at radius 2 is 2.23 bits per heavy atom. The van der Waals surface area contributed by atoms with E-state index in [0.717, 1.165) is 5.69 Å². The highest BCUT2D eigenvalue weighted by molar-refractivity contribution is 7.93. The summed E-state index contributed by atoms with van der Waals surface area (Å²) in [6, 6.07) is 5.61. The maximum Gasteiger partial charge on any atom is 0.219 e. The van der Waals surface area contributed by atoms with E-state index in [9.17, 15) is 13.2 Å². The first-order valence-electron chi connectivity index (χ1n) is 7.40. The minimum absolute atomic E-state index is 0.0446. The zero-order chi connectivity index (χ0) is 15.8. The van der Waals surface area contributed by atoms with E-state index in [0.29, 0.717) is 32.7 Å². The van der Waals surface area contributed by atoms with Crippen molar-refractivity contribution < 1.29 is 17.9 Å². The van der Waals surface area contributed by atoms with Gasteiger partial charge in [-0.1, -0.05) is 6.07 Å². The Kier molecular flexibility index (Phi) is 3.94. The molecule has 0 aliphatic carbocycles. The van der Waals surface area contributed by atoms with Crippen molar-refractivity contribution in [2.45, 2.75) is 24.7 Å². The maximum atomic E-state index is 12.4. The highest BCUT2D eigenvalue weighted by Crippen LogP contribution is 2.44. The number of ether oxygens (including phenoxy) is 1. The fourth-order valence-electron chi connectivity index (χ4n) is 3.32. The van der Waals surface area contributed by atoms with Gasteiger partial charge in [-0.05, 0) is 18.6 Å². The molecule has 0 radical (unpaired) electrons. The highest BCUT2D eigenvalue weighted by Gasteiger charge is 2.62. The lowest BCUT2D eigenvalue weighted by Gasteiger charge is -2.49. The Hall–Kier alpha value is -1.47. The molecule has 2 saturated heterocycles. The number of nitrogens with zero attached hydrogens (tertiary/aromatic N) is 2. The summed E-state index contributed by atoms with van der Waals surface area (Å²) in [5.41, 5.74) is 0.830. The normalized spacial score (nSPS) is 25.1. The Morgan fingerprint density at radius 1 is 1.45 bits per heavy atom. The van der Waals surface area contributed by atoms with Gasteiger partial charge in [0.1, 0.15) is 4.75 Å². The van der Waals surface area contributed by atoms with Crippen molar-refractivity contribution >= 4 is 15.7 Å². The first-order valence-corrected chi connectivity index (χ1v) is 9.05. The van der Waals surface area contributed by atoms with Crippen LogP contribution in [-0.2, 0) is 26.0 Å². The van der Waals surface area contributed by atoms with E-state index in [1.54, 1.807) is 11.1 Å². The minimum atomic E-state index is -3.15. The number of aromatic nitrogens is 1. The molecule has 0 bridgehead atoms. The van der Waals surface area contributed by atoms with Gasteiger partial charge >= 0.3 is 0 Å². The van der Waals surface area contributed by atoms with E-state index < -0.39 is 14.6 Å². The van der Waals surface area contributed by atoms with Crippen LogP contribution in [0.3, 0.4) is 0 Å². The molecule has 120 valence electrons. The number of hydrogen-bond donors (Lipinski definition) is 0. The van der Waals surface area contributed by atoms with E-state index in [4.69, 9.17) is 4.74 Å². The zero-order valence-corrected chi connectivity index (χ0v) is 13.4. The Morgan fingerprint density at radius 3 is 2.86 bits per heavy atom. The van der Waals surface area contributed by atoms with Crippen LogP contribution < -0.4 is 0 Å². The fraction of sp³-hybridized carbons (Fsp3) is 0.600. The molecule has 3 rings (SSSR count). The highest BCUT2D eigenvalue weighted by atomic mass is 32.2. The van der Waals surface area contributed by atoms with Gasteiger partial charge in [-0.25, -0.2) is 8.42 Å². The third kappa shape index (κ3) is 2.52. The number of pyridine rings is 1. The van der Waals surface area contributed by atoms with Gasteiger partial charge in [0.05, 0.1) is 24.7 Å². The van der Waals surface area contributed by atoms with Crippen molar-refractivity contribution in [3.8, 4) is 0 Å². The standard InChI is InChI=1S/C15H20N2O4S/c1-12(18)17-10-15(11-17)13(5-7-22(15,19)20)8-21-9-14-4-2-3-6-16-14/h2-4,6,13H,5,7-11H2,1H3/t13-/m1/s1. The summed E-state index contributed by atoms with van der Waals surface area (Å²) >= 11 is 0. The van der Waals surface area contributed by atoms with Gasteiger partial charge in [0, 0.05) is 32.1 Å². The van der Waals surface area contributed by atoms with Crippen LogP contribution in [0.25, 0.3) is 0 Å². The molecule has 1 aromatic heterocycles. The monoisotopic (exact) mass is 324 g/mol. The molecule has 0 saturated carbocycles. The van der Waals surface area contributed by atoms with Gasteiger partial charge in [-0.2, -0.15) is 0 Å². The Labute approximate surface area is 130 Å². The van der Waals surface area contributed by atoms with Crippen LogP contribution in [0, 0.1) is 5.92 Å². The molecule has 1 spiro atoms. The topological polar surface area (TPSA) is 76.6 Å². The van der Waals surface area contributed by atoms with Crippen molar-refractivity contribution in [1.29, 1.82) is 0 Å².